The zero-order chi connectivity index (χ0) is 0. The maximum Gasteiger partial charge on any atom is 2.00 e. The molecular weight excluding hydrogens is 194 g/mol. The van der Waals surface area contributed by atoms with Gasteiger partial charge < -0.3 is 24.8 Å². The second kappa shape index (κ2) is 133. The summed E-state index contributed by atoms with van der Waals surface area (Å²) in [6.45, 7) is 0. The Kier molecular flexibility index (Phi) is 3100. The fraction of sp³-hybridized carbons (Fsp3) is 1.00. The monoisotopic (exact) mass is 210 g/mol. The van der Waals surface area contributed by atoms with Crippen molar-refractivity contribution < 1.29 is 24.8 Å². The molecule has 0 aromatic rings. The first-order chi connectivity index (χ1) is 0. The molecule has 0 saturated heterocycles. The van der Waals surface area contributed by atoms with E-state index in [4.69, 9.17) is 0 Å². The van der Waals surface area contributed by atoms with E-state index in [2.05, 4.69) is 0 Å². The first-order valence-electron chi connectivity index (χ1n) is 0. The number of hydrogen-bond donors (Lipinski definition) is 0. The quantitative estimate of drug-likeness (QED) is 0.367. The summed E-state index contributed by atoms with van der Waals surface area (Å²) in [6.07, 6.45) is 0. The minimum atomic E-state index is 0. The van der Waals surface area contributed by atoms with Crippen molar-refractivity contribution in [2.75, 3.05) is 0 Å². The van der Waals surface area contributed by atoms with E-state index in [1.54, 1.807) is 0 Å². The second-order valence-electron chi connectivity index (χ2n) is 0. The summed E-state index contributed by atoms with van der Waals surface area (Å²) in [5, 5.41) is 0. The van der Waals surface area contributed by atoms with Gasteiger partial charge in [-0.2, -0.15) is 0 Å². The molecule has 0 atom stereocenters. The topological polar surface area (TPSA) is 0 Å². The molecule has 0 unspecified atom stereocenters. The van der Waals surface area contributed by atoms with Crippen LogP contribution in [-0.4, -0.2) is 37.7 Å². The summed E-state index contributed by atoms with van der Waals surface area (Å²) in [7, 11) is 0. The summed E-state index contributed by atoms with van der Waals surface area (Å²) in [5.74, 6) is 0. The van der Waals surface area contributed by atoms with Gasteiger partial charge in [0.1, 0.15) is 0 Å². The van der Waals surface area contributed by atoms with Gasteiger partial charge in [-0.15, -0.1) is 12.4 Å². The Hall–Kier alpha value is 2.13. The molecule has 0 amide bonds. The van der Waals surface area contributed by atoms with Crippen molar-refractivity contribution in [2.24, 2.45) is 0 Å². The molecule has 0 bridgehead atoms. The van der Waals surface area contributed by atoms with Crippen molar-refractivity contribution in [3.8, 4) is 0 Å². The summed E-state index contributed by atoms with van der Waals surface area (Å²) < 4.78 is 0. The van der Waals surface area contributed by atoms with Gasteiger partial charge in [-0.3, -0.25) is 0 Å². The molecule has 0 aliphatic heterocycles. The van der Waals surface area contributed by atoms with Crippen LogP contribution in [0.5, 0.6) is 0 Å². The first kappa shape index (κ1) is 186. The van der Waals surface area contributed by atoms with Crippen LogP contribution < -0.4 is 24.8 Å². The van der Waals surface area contributed by atoms with E-state index < -0.39 is 0 Å². The zero-order valence-corrected chi connectivity index (χ0v) is 6.41. The fourth-order valence-electron chi connectivity index (χ4n) is 0. The summed E-state index contributed by atoms with van der Waals surface area (Å²) >= 11 is 0. The predicted molar refractivity (Wildman–Crippen MR) is 39.9 cm³/mol. The average molecular weight is 212 g/mol. The normalized spacial score (nSPS) is 0. The van der Waals surface area contributed by atoms with Crippen LogP contribution in [0.1, 0.15) is 29.7 Å². The molecular formula is C4H17CaCl3. The van der Waals surface area contributed by atoms with Gasteiger partial charge in [0.25, 0.3) is 0 Å². The first-order valence-corrected chi connectivity index (χ1v) is 0. The van der Waals surface area contributed by atoms with E-state index in [1.807, 2.05) is 0 Å². The van der Waals surface area contributed by atoms with Crippen molar-refractivity contribution in [2.45, 2.75) is 29.7 Å². The van der Waals surface area contributed by atoms with Crippen LogP contribution in [-0.2, 0) is 0 Å². The van der Waals surface area contributed by atoms with E-state index in [1.165, 1.54) is 0 Å². The van der Waals surface area contributed by atoms with Crippen LogP contribution >= 0.6 is 12.4 Å². The molecule has 0 aliphatic rings. The minimum absolute atomic E-state index is 0. The van der Waals surface area contributed by atoms with Crippen LogP contribution in [0.15, 0.2) is 0 Å². The van der Waals surface area contributed by atoms with Crippen LogP contribution in [0.2, 0.25) is 0 Å². The van der Waals surface area contributed by atoms with Crippen molar-refractivity contribution in [1.82, 2.24) is 0 Å². The summed E-state index contributed by atoms with van der Waals surface area (Å²) in [5.41, 5.74) is 0. The smallest absolute Gasteiger partial charge is 1.00 e. The van der Waals surface area contributed by atoms with E-state index >= 15 is 0 Å². The minimum Gasteiger partial charge on any atom is -1.00 e. The van der Waals surface area contributed by atoms with Gasteiger partial charge in [0, 0.05) is 0 Å². The van der Waals surface area contributed by atoms with Gasteiger partial charge in [0.2, 0.25) is 0 Å². The second-order valence-corrected chi connectivity index (χ2v) is 0. The molecule has 56 valence electrons. The van der Waals surface area contributed by atoms with Gasteiger partial charge in [0.05, 0.1) is 0 Å². The Morgan fingerprint density at radius 1 is 0.500 bits per heavy atom. The van der Waals surface area contributed by atoms with Gasteiger partial charge in [-0.05, 0) is 0 Å². The number of hydrogen-bond acceptors (Lipinski definition) is 0. The fourth-order valence-corrected chi connectivity index (χ4v) is 0. The average Bonchev–Trinajstić information content (AvgIpc) is 0. The third-order valence-electron chi connectivity index (χ3n) is 0. The van der Waals surface area contributed by atoms with Gasteiger partial charge >= 0.3 is 37.7 Å². The molecule has 0 saturated carbocycles. The molecule has 0 aromatic heterocycles. The predicted octanol–water partition coefficient (Wildman–Crippen LogP) is -3.41. The maximum atomic E-state index is 0. The van der Waals surface area contributed by atoms with Gasteiger partial charge in [0.15, 0.2) is 0 Å². The molecule has 0 fully saturated rings. The van der Waals surface area contributed by atoms with E-state index in [9.17, 15) is 0 Å². The van der Waals surface area contributed by atoms with Crippen LogP contribution in [0.25, 0.3) is 0 Å². The molecule has 0 aliphatic carbocycles. The van der Waals surface area contributed by atoms with Crippen molar-refractivity contribution >= 4 is 50.1 Å². The Morgan fingerprint density at radius 3 is 0.500 bits per heavy atom. The molecule has 4 heteroatoms. The van der Waals surface area contributed by atoms with E-state index in [0.29, 0.717) is 0 Å². The van der Waals surface area contributed by atoms with Crippen LogP contribution in [0.3, 0.4) is 0 Å². The molecule has 0 spiro atoms. The Bertz CT molecular complexity index is 11.2. The number of rotatable bonds is 0. The van der Waals surface area contributed by atoms with E-state index in [-0.39, 0.29) is 105 Å². The van der Waals surface area contributed by atoms with Gasteiger partial charge in [-0.25, -0.2) is 0 Å². The van der Waals surface area contributed by atoms with Crippen LogP contribution in [0, 0.1) is 0 Å². The Labute approximate surface area is 103 Å². The molecule has 0 N–H and O–H groups in total. The largest absolute Gasteiger partial charge is 2.00 e. The zero-order valence-electron chi connectivity index (χ0n) is 1.87. The number of halogens is 3. The van der Waals surface area contributed by atoms with E-state index in [0.717, 1.165) is 0 Å². The summed E-state index contributed by atoms with van der Waals surface area (Å²) in [4.78, 5) is 0. The maximum absolute atomic E-state index is 0. The van der Waals surface area contributed by atoms with Gasteiger partial charge in [-0.1, -0.05) is 29.7 Å². The van der Waals surface area contributed by atoms with Crippen molar-refractivity contribution in [3.05, 3.63) is 0 Å². The van der Waals surface area contributed by atoms with Crippen molar-refractivity contribution in [3.63, 3.8) is 0 Å². The van der Waals surface area contributed by atoms with Crippen molar-refractivity contribution in [1.29, 1.82) is 0 Å². The van der Waals surface area contributed by atoms with Crippen LogP contribution in [0.4, 0.5) is 0 Å². The summed E-state index contributed by atoms with van der Waals surface area (Å²) in [6, 6.07) is 0. The molecule has 8 heavy (non-hydrogen) atoms. The Morgan fingerprint density at radius 2 is 0.500 bits per heavy atom. The molecule has 0 radical (unpaired) electrons. The Balaban J connectivity index is 0. The molecule has 0 nitrogen and oxygen atoms in total. The molecule has 0 rings (SSSR count). The molecule has 0 aromatic carbocycles. The molecule has 0 heterocycles. The standard InChI is InChI=1S/4CH4.Ca.3ClH/h4*1H4;;3*1H/q;;;;+2;;;/p-2. The SMILES string of the molecule is C.C.C.C.Cl.[Ca+2].[Cl-].[Cl-]. The third-order valence-corrected chi connectivity index (χ3v) is 0. The third kappa shape index (κ3) is 91.1.